The molecule has 52 valence electrons. The fourth-order valence-corrected chi connectivity index (χ4v) is 0.206. The molecule has 0 atom stereocenters. The number of carbonyl (C=O) groups is 1. The molecule has 0 spiro atoms. The second-order valence-corrected chi connectivity index (χ2v) is 0.999. The molecule has 0 aliphatic rings. The van der Waals surface area contributed by atoms with Gasteiger partial charge in [-0.05, 0) is 0 Å². The van der Waals surface area contributed by atoms with Crippen molar-refractivity contribution in [1.82, 2.24) is 10.6 Å². The fraction of sp³-hybridized carbons (Fsp3) is 0.667. The first-order chi connectivity index (χ1) is 3.81. The Morgan fingerprint density at radius 3 is 1.60 bits per heavy atom. The van der Waals surface area contributed by atoms with E-state index in [0.29, 0.717) is 0 Å². The third-order valence-corrected chi connectivity index (χ3v) is 0.479. The van der Waals surface area contributed by atoms with Crippen LogP contribution in [0.15, 0.2) is 0 Å². The van der Waals surface area contributed by atoms with E-state index < -0.39 is 19.5 Å². The van der Waals surface area contributed by atoms with Gasteiger partial charge < -0.3 is 20.8 Å². The first-order valence-corrected chi connectivity index (χ1v) is 2.04. The van der Waals surface area contributed by atoms with E-state index in [1.165, 1.54) is 0 Å². The topological polar surface area (TPSA) is 81.6 Å². The van der Waals surface area contributed by atoms with Crippen molar-refractivity contribution in [3.05, 3.63) is 0 Å². The number of carbonyl (C=O) groups excluding carboxylic acids is 1. The molecular weight excluding hydrogens is 158 g/mol. The molecule has 0 saturated carbocycles. The van der Waals surface area contributed by atoms with Crippen LogP contribution in [0, 0.1) is 0 Å². The van der Waals surface area contributed by atoms with Crippen LogP contribution >= 0.6 is 0 Å². The zero-order valence-electron chi connectivity index (χ0n) is 4.22. The van der Waals surface area contributed by atoms with E-state index in [1.54, 1.807) is 0 Å². The first-order valence-electron chi connectivity index (χ1n) is 2.04. The van der Waals surface area contributed by atoms with Gasteiger partial charge in [0.05, 0.1) is 0 Å². The second-order valence-electron chi connectivity index (χ2n) is 0.999. The standard InChI is InChI=1S/C3H8N2O3.2Na.2H/c6-1-4-3(8)5-2-7;;;;/h6-7H,1-2H2,(H2,4,5,8);;;;. The van der Waals surface area contributed by atoms with Gasteiger partial charge in [0.1, 0.15) is 13.5 Å². The van der Waals surface area contributed by atoms with Crippen molar-refractivity contribution in [2.75, 3.05) is 13.5 Å². The van der Waals surface area contributed by atoms with E-state index in [1.807, 2.05) is 10.6 Å². The van der Waals surface area contributed by atoms with E-state index in [2.05, 4.69) is 0 Å². The molecule has 5 nitrogen and oxygen atoms in total. The van der Waals surface area contributed by atoms with Gasteiger partial charge in [-0.1, -0.05) is 0 Å². The summed E-state index contributed by atoms with van der Waals surface area (Å²) in [6, 6.07) is -0.588. The summed E-state index contributed by atoms with van der Waals surface area (Å²) in [4.78, 5) is 10.1. The predicted octanol–water partition coefficient (Wildman–Crippen LogP) is -3.11. The van der Waals surface area contributed by atoms with Crippen molar-refractivity contribution in [1.29, 1.82) is 0 Å². The summed E-state index contributed by atoms with van der Waals surface area (Å²) < 4.78 is 0. The molecule has 2 amide bonds. The summed E-state index contributed by atoms with van der Waals surface area (Å²) >= 11 is 0. The Bertz CT molecular complexity index is 74.1. The molecule has 0 aromatic carbocycles. The van der Waals surface area contributed by atoms with Crippen LogP contribution in [0.2, 0.25) is 0 Å². The molecular formula is C3H10N2Na2O3. The van der Waals surface area contributed by atoms with Gasteiger partial charge >= 0.3 is 65.1 Å². The normalized spacial score (nSPS) is 6.60. The SMILES string of the molecule is O=C(NCO)NCO.[NaH].[NaH]. The Kier molecular flexibility index (Phi) is 22.2. The van der Waals surface area contributed by atoms with Gasteiger partial charge in [0.2, 0.25) is 0 Å². The number of urea groups is 1. The molecule has 0 saturated heterocycles. The van der Waals surface area contributed by atoms with E-state index in [-0.39, 0.29) is 59.1 Å². The summed E-state index contributed by atoms with van der Waals surface area (Å²) in [6.45, 7) is -0.850. The fourth-order valence-electron chi connectivity index (χ4n) is 0.206. The van der Waals surface area contributed by atoms with Gasteiger partial charge in [-0.25, -0.2) is 4.79 Å². The van der Waals surface area contributed by atoms with Crippen molar-refractivity contribution in [3.63, 3.8) is 0 Å². The Hall–Kier alpha value is 1.19. The summed E-state index contributed by atoms with van der Waals surface area (Å²) in [5.74, 6) is 0. The number of amides is 2. The Morgan fingerprint density at radius 1 is 1.10 bits per heavy atom. The van der Waals surface area contributed by atoms with E-state index in [4.69, 9.17) is 10.2 Å². The van der Waals surface area contributed by atoms with Crippen LogP contribution in [0.3, 0.4) is 0 Å². The number of aliphatic hydroxyl groups excluding tert-OH is 2. The van der Waals surface area contributed by atoms with Gasteiger partial charge in [0, 0.05) is 0 Å². The molecule has 0 aromatic rings. The number of nitrogens with one attached hydrogen (secondary N) is 2. The van der Waals surface area contributed by atoms with E-state index >= 15 is 0 Å². The molecule has 0 unspecified atom stereocenters. The zero-order chi connectivity index (χ0) is 6.41. The van der Waals surface area contributed by atoms with Crippen LogP contribution in [-0.4, -0.2) is 88.8 Å². The number of hydrogen-bond acceptors (Lipinski definition) is 3. The third-order valence-electron chi connectivity index (χ3n) is 0.479. The van der Waals surface area contributed by atoms with Crippen LogP contribution < -0.4 is 10.6 Å². The maximum atomic E-state index is 10.1. The molecule has 0 aromatic heterocycles. The quantitative estimate of drug-likeness (QED) is 0.260. The molecule has 0 aliphatic heterocycles. The van der Waals surface area contributed by atoms with Crippen LogP contribution in [-0.2, 0) is 0 Å². The van der Waals surface area contributed by atoms with Gasteiger partial charge in [-0.2, -0.15) is 0 Å². The summed E-state index contributed by atoms with van der Waals surface area (Å²) in [5, 5.41) is 20.0. The summed E-state index contributed by atoms with van der Waals surface area (Å²) in [7, 11) is 0. The molecule has 0 bridgehead atoms. The number of aliphatic hydroxyl groups is 2. The molecule has 0 radical (unpaired) electrons. The van der Waals surface area contributed by atoms with Gasteiger partial charge in [0.25, 0.3) is 0 Å². The Labute approximate surface area is 103 Å². The van der Waals surface area contributed by atoms with E-state index in [0.717, 1.165) is 0 Å². The Balaban J connectivity index is -0.000000245. The molecule has 7 heteroatoms. The maximum absolute atomic E-state index is 10.1. The molecule has 0 heterocycles. The predicted molar refractivity (Wildman–Crippen MR) is 40.1 cm³/mol. The average molecular weight is 168 g/mol. The average Bonchev–Trinajstić information content (AvgIpc) is 1.68. The first kappa shape index (κ1) is 17.3. The third kappa shape index (κ3) is 11.9. The summed E-state index contributed by atoms with van der Waals surface area (Å²) in [6.07, 6.45) is 0. The second kappa shape index (κ2) is 12.8. The van der Waals surface area contributed by atoms with Crippen molar-refractivity contribution in [3.8, 4) is 0 Å². The number of hydrogen-bond donors (Lipinski definition) is 4. The molecule has 0 fully saturated rings. The van der Waals surface area contributed by atoms with Crippen molar-refractivity contribution < 1.29 is 15.0 Å². The van der Waals surface area contributed by atoms with Crippen LogP contribution in [0.1, 0.15) is 0 Å². The minimum absolute atomic E-state index is 0. The van der Waals surface area contributed by atoms with Crippen molar-refractivity contribution >= 4 is 65.1 Å². The number of rotatable bonds is 2. The van der Waals surface area contributed by atoms with Gasteiger partial charge in [-0.3, -0.25) is 0 Å². The molecule has 0 rings (SSSR count). The van der Waals surface area contributed by atoms with Crippen LogP contribution in [0.25, 0.3) is 0 Å². The van der Waals surface area contributed by atoms with Gasteiger partial charge in [0.15, 0.2) is 0 Å². The zero-order valence-corrected chi connectivity index (χ0v) is 4.22. The minimum atomic E-state index is -0.588. The van der Waals surface area contributed by atoms with Gasteiger partial charge in [-0.15, -0.1) is 0 Å². The van der Waals surface area contributed by atoms with Crippen molar-refractivity contribution in [2.45, 2.75) is 0 Å². The monoisotopic (exact) mass is 168 g/mol. The van der Waals surface area contributed by atoms with Crippen LogP contribution in [0.5, 0.6) is 0 Å². The Morgan fingerprint density at radius 2 is 1.40 bits per heavy atom. The summed E-state index contributed by atoms with van der Waals surface area (Å²) in [5.41, 5.74) is 0. The molecule has 4 N–H and O–H groups in total. The van der Waals surface area contributed by atoms with E-state index in [9.17, 15) is 4.79 Å². The van der Waals surface area contributed by atoms with Crippen molar-refractivity contribution in [2.24, 2.45) is 0 Å². The van der Waals surface area contributed by atoms with Crippen LogP contribution in [0.4, 0.5) is 4.79 Å². The molecule has 10 heavy (non-hydrogen) atoms. The molecule has 0 aliphatic carbocycles.